The lowest BCUT2D eigenvalue weighted by molar-refractivity contribution is -0.139. The summed E-state index contributed by atoms with van der Waals surface area (Å²) in [5, 5.41) is 20.0. The molecule has 1 heterocycles. The average Bonchev–Trinajstić information content (AvgIpc) is 3.11. The minimum Gasteiger partial charge on any atom is -0.497 e. The van der Waals surface area contributed by atoms with Gasteiger partial charge < -0.3 is 19.3 Å². The Bertz CT molecular complexity index is 1090. The molecule has 0 bridgehead atoms. The number of hydrogen-bond donors (Lipinski definition) is 2. The molecule has 10 heteroatoms. The summed E-state index contributed by atoms with van der Waals surface area (Å²) in [7, 11) is 3.13. The molecule has 0 aliphatic heterocycles. The minimum atomic E-state index is -1.04. The zero-order chi connectivity index (χ0) is 20.8. The van der Waals surface area contributed by atoms with Gasteiger partial charge in [0.25, 0.3) is 0 Å². The molecule has 0 aliphatic carbocycles. The van der Waals surface area contributed by atoms with E-state index in [1.54, 1.807) is 56.8 Å². The Hall–Kier alpha value is -3.66. The van der Waals surface area contributed by atoms with Crippen molar-refractivity contribution in [2.75, 3.05) is 20.8 Å². The van der Waals surface area contributed by atoms with Crippen LogP contribution in [0.25, 0.3) is 11.4 Å². The van der Waals surface area contributed by atoms with Crippen LogP contribution in [-0.2, 0) is 4.79 Å². The Labute approximate surface area is 171 Å². The fourth-order valence-corrected chi connectivity index (χ4v) is 2.66. The molecule has 0 fully saturated rings. The van der Waals surface area contributed by atoms with E-state index in [1.165, 1.54) is 4.68 Å². The number of hydrogen-bond acceptors (Lipinski definition) is 7. The first-order chi connectivity index (χ1) is 14.0. The van der Waals surface area contributed by atoms with Crippen molar-refractivity contribution in [2.45, 2.75) is 0 Å². The number of benzene rings is 2. The number of aliphatic carboxylic acids is 1. The molecule has 0 unspecified atom stereocenters. The Kier molecular flexibility index (Phi) is 6.25. The van der Waals surface area contributed by atoms with Crippen molar-refractivity contribution in [3.05, 3.63) is 52.8 Å². The molecular formula is C19H18N4O5S. The van der Waals surface area contributed by atoms with E-state index in [0.29, 0.717) is 33.4 Å². The monoisotopic (exact) mass is 414 g/mol. The minimum absolute atomic E-state index is 0.315. The van der Waals surface area contributed by atoms with E-state index >= 15 is 0 Å². The number of methoxy groups -OCH3 is 2. The van der Waals surface area contributed by atoms with E-state index in [9.17, 15) is 4.79 Å². The maximum absolute atomic E-state index is 10.6. The van der Waals surface area contributed by atoms with Gasteiger partial charge in [-0.2, -0.15) is 14.9 Å². The van der Waals surface area contributed by atoms with Gasteiger partial charge in [0.05, 0.1) is 26.0 Å². The van der Waals surface area contributed by atoms with E-state index in [2.05, 4.69) is 15.3 Å². The van der Waals surface area contributed by atoms with E-state index in [0.717, 1.165) is 5.56 Å². The van der Waals surface area contributed by atoms with Gasteiger partial charge in [-0.3, -0.25) is 0 Å². The van der Waals surface area contributed by atoms with Crippen LogP contribution in [-0.4, -0.2) is 53.0 Å². The largest absolute Gasteiger partial charge is 0.497 e. The van der Waals surface area contributed by atoms with Crippen LogP contribution in [0.4, 0.5) is 0 Å². The Morgan fingerprint density at radius 2 is 1.93 bits per heavy atom. The predicted molar refractivity (Wildman–Crippen MR) is 109 cm³/mol. The summed E-state index contributed by atoms with van der Waals surface area (Å²) in [5.41, 5.74) is 1.46. The summed E-state index contributed by atoms with van der Waals surface area (Å²) in [4.78, 5) is 10.6. The van der Waals surface area contributed by atoms with Crippen LogP contribution >= 0.6 is 12.2 Å². The summed E-state index contributed by atoms with van der Waals surface area (Å²) in [6.07, 6.45) is 1.60. The lowest BCUT2D eigenvalue weighted by Crippen LogP contribution is -2.09. The van der Waals surface area contributed by atoms with E-state index < -0.39 is 12.6 Å². The fraction of sp³-hybridized carbons (Fsp3) is 0.158. The third-order valence-corrected chi connectivity index (χ3v) is 4.13. The van der Waals surface area contributed by atoms with E-state index in [1.807, 2.05) is 6.07 Å². The number of carboxylic acids is 1. The fourth-order valence-electron chi connectivity index (χ4n) is 2.48. The maximum atomic E-state index is 10.6. The SMILES string of the molecule is COc1ccc(-c2n[nH]c(=S)n2/N=C\c2ccc(OCC(=O)O)cc2)c(OC)c1. The molecular weight excluding hydrogens is 396 g/mol. The van der Waals surface area contributed by atoms with Crippen molar-refractivity contribution in [1.82, 2.24) is 14.9 Å². The van der Waals surface area contributed by atoms with Crippen LogP contribution < -0.4 is 14.2 Å². The second-order valence-corrected chi connectivity index (χ2v) is 6.11. The van der Waals surface area contributed by atoms with Crippen LogP contribution in [0.2, 0.25) is 0 Å². The second kappa shape index (κ2) is 9.02. The van der Waals surface area contributed by atoms with E-state index in [-0.39, 0.29) is 0 Å². The number of aromatic amines is 1. The Morgan fingerprint density at radius 3 is 2.59 bits per heavy atom. The van der Waals surface area contributed by atoms with Gasteiger partial charge in [0.15, 0.2) is 12.4 Å². The van der Waals surface area contributed by atoms with Crippen molar-refractivity contribution in [2.24, 2.45) is 5.10 Å². The van der Waals surface area contributed by atoms with Crippen molar-refractivity contribution in [3.8, 4) is 28.6 Å². The number of rotatable bonds is 8. The smallest absolute Gasteiger partial charge is 0.341 e. The lowest BCUT2D eigenvalue weighted by Gasteiger charge is -2.09. The first-order valence-corrected chi connectivity index (χ1v) is 8.81. The van der Waals surface area contributed by atoms with Crippen LogP contribution in [0, 0.1) is 4.77 Å². The second-order valence-electron chi connectivity index (χ2n) is 5.73. The van der Waals surface area contributed by atoms with Crippen LogP contribution in [0.15, 0.2) is 47.6 Å². The molecule has 0 atom stereocenters. The Balaban J connectivity index is 1.87. The highest BCUT2D eigenvalue weighted by Gasteiger charge is 2.14. The first-order valence-electron chi connectivity index (χ1n) is 8.40. The molecule has 1 aromatic heterocycles. The van der Waals surface area contributed by atoms with Gasteiger partial charge in [-0.25, -0.2) is 9.89 Å². The van der Waals surface area contributed by atoms with Gasteiger partial charge in [0.1, 0.15) is 17.2 Å². The number of nitrogens with zero attached hydrogens (tertiary/aromatic N) is 3. The quantitative estimate of drug-likeness (QED) is 0.431. The molecule has 2 N–H and O–H groups in total. The maximum Gasteiger partial charge on any atom is 0.341 e. The van der Waals surface area contributed by atoms with Gasteiger partial charge >= 0.3 is 5.97 Å². The topological polar surface area (TPSA) is 111 Å². The molecule has 0 saturated heterocycles. The normalized spacial score (nSPS) is 10.8. The number of aromatic nitrogens is 3. The summed E-state index contributed by atoms with van der Waals surface area (Å²) in [6, 6.07) is 12.2. The summed E-state index contributed by atoms with van der Waals surface area (Å²) in [5.74, 6) is 1.11. The van der Waals surface area contributed by atoms with Gasteiger partial charge in [0, 0.05) is 6.07 Å². The molecule has 29 heavy (non-hydrogen) atoms. The molecule has 0 saturated carbocycles. The zero-order valence-electron chi connectivity index (χ0n) is 15.7. The number of nitrogens with one attached hydrogen (secondary N) is 1. The molecule has 9 nitrogen and oxygen atoms in total. The lowest BCUT2D eigenvalue weighted by atomic mass is 10.2. The number of carboxylic acid groups (broad SMARTS) is 1. The molecule has 3 aromatic rings. The van der Waals surface area contributed by atoms with Crippen molar-refractivity contribution >= 4 is 24.4 Å². The molecule has 0 amide bonds. The number of ether oxygens (including phenoxy) is 3. The summed E-state index contributed by atoms with van der Waals surface area (Å²) < 4.78 is 17.6. The van der Waals surface area contributed by atoms with E-state index in [4.69, 9.17) is 31.5 Å². The Morgan fingerprint density at radius 1 is 1.21 bits per heavy atom. The van der Waals surface area contributed by atoms with Crippen LogP contribution in [0.1, 0.15) is 5.56 Å². The number of carbonyl (C=O) groups is 1. The van der Waals surface area contributed by atoms with Crippen LogP contribution in [0.5, 0.6) is 17.2 Å². The summed E-state index contributed by atoms with van der Waals surface area (Å²) in [6.45, 7) is -0.398. The molecule has 0 aliphatic rings. The predicted octanol–water partition coefficient (Wildman–Crippen LogP) is 2.97. The van der Waals surface area contributed by atoms with Crippen molar-refractivity contribution in [1.29, 1.82) is 0 Å². The summed E-state index contributed by atoms with van der Waals surface area (Å²) >= 11 is 5.29. The average molecular weight is 414 g/mol. The zero-order valence-corrected chi connectivity index (χ0v) is 16.5. The highest BCUT2D eigenvalue weighted by molar-refractivity contribution is 7.71. The number of H-pyrrole nitrogens is 1. The van der Waals surface area contributed by atoms with Gasteiger partial charge in [-0.1, -0.05) is 0 Å². The molecule has 0 radical (unpaired) electrons. The van der Waals surface area contributed by atoms with Gasteiger partial charge in [-0.05, 0) is 54.2 Å². The first kappa shape index (κ1) is 20.1. The van der Waals surface area contributed by atoms with Gasteiger partial charge in [0.2, 0.25) is 4.77 Å². The molecule has 2 aromatic carbocycles. The standard InChI is InChI=1S/C19H18N4O5S/c1-26-14-7-8-15(16(9-14)27-2)18-21-22-19(29)23(18)20-10-12-3-5-13(6-4-12)28-11-17(24)25/h3-10H,11H2,1-2H3,(H,22,29)(H,24,25)/b20-10-. The molecule has 150 valence electrons. The van der Waals surface area contributed by atoms with Crippen molar-refractivity contribution in [3.63, 3.8) is 0 Å². The van der Waals surface area contributed by atoms with Crippen molar-refractivity contribution < 1.29 is 24.1 Å². The highest BCUT2D eigenvalue weighted by Crippen LogP contribution is 2.32. The molecule has 3 rings (SSSR count). The van der Waals surface area contributed by atoms with Crippen LogP contribution in [0.3, 0.4) is 0 Å². The molecule has 0 spiro atoms. The third-order valence-electron chi connectivity index (χ3n) is 3.86. The third kappa shape index (κ3) is 4.79. The highest BCUT2D eigenvalue weighted by atomic mass is 32.1. The van der Waals surface area contributed by atoms with Gasteiger partial charge in [-0.15, -0.1) is 0 Å².